The van der Waals surface area contributed by atoms with Crippen LogP contribution in [0.25, 0.3) is 0 Å². The molecule has 2 aromatic rings. The summed E-state index contributed by atoms with van der Waals surface area (Å²) in [7, 11) is 3.78. The van der Waals surface area contributed by atoms with E-state index in [0.29, 0.717) is 12.0 Å². The number of fused-ring (bicyclic) bond motifs is 3. The van der Waals surface area contributed by atoms with Gasteiger partial charge >= 0.3 is 0 Å². The van der Waals surface area contributed by atoms with Crippen molar-refractivity contribution < 1.29 is 4.74 Å². The molecule has 0 radical (unpaired) electrons. The molecule has 0 saturated carbocycles. The van der Waals surface area contributed by atoms with Crippen LogP contribution < -0.4 is 20.3 Å². The molecule has 1 saturated heterocycles. The molecule has 4 rings (SSSR count). The molecular weight excluding hydrogens is 312 g/mol. The lowest BCUT2D eigenvalue weighted by Crippen LogP contribution is -2.42. The fourth-order valence-corrected chi connectivity index (χ4v) is 4.19. The number of nitrogens with one attached hydrogen (secondary N) is 2. The van der Waals surface area contributed by atoms with Crippen LogP contribution in [0.15, 0.2) is 36.4 Å². The second kappa shape index (κ2) is 6.30. The third-order valence-electron chi connectivity index (χ3n) is 5.34. The van der Waals surface area contributed by atoms with Crippen molar-refractivity contribution in [1.29, 1.82) is 5.26 Å². The van der Waals surface area contributed by atoms with Gasteiger partial charge in [0.25, 0.3) is 0 Å². The first-order chi connectivity index (χ1) is 12.2. The molecule has 2 aliphatic rings. The monoisotopic (exact) mass is 334 g/mol. The van der Waals surface area contributed by atoms with Crippen LogP contribution in [0, 0.1) is 11.3 Å². The molecule has 1 fully saturated rings. The summed E-state index contributed by atoms with van der Waals surface area (Å²) in [5.41, 5.74) is 4.91. The zero-order chi connectivity index (χ0) is 17.4. The van der Waals surface area contributed by atoms with Crippen molar-refractivity contribution in [3.63, 3.8) is 0 Å². The van der Waals surface area contributed by atoms with E-state index in [2.05, 4.69) is 34.7 Å². The van der Waals surface area contributed by atoms with E-state index in [1.807, 2.05) is 30.3 Å². The van der Waals surface area contributed by atoms with Crippen molar-refractivity contribution in [2.75, 3.05) is 37.5 Å². The lowest BCUT2D eigenvalue weighted by Gasteiger charge is -2.31. The van der Waals surface area contributed by atoms with Gasteiger partial charge in [-0.1, -0.05) is 12.1 Å². The largest absolute Gasteiger partial charge is 0.495 e. The van der Waals surface area contributed by atoms with Crippen molar-refractivity contribution in [2.45, 2.75) is 18.4 Å². The fourth-order valence-electron chi connectivity index (χ4n) is 4.19. The number of ether oxygens (including phenoxy) is 1. The number of anilines is 3. The third kappa shape index (κ3) is 2.59. The summed E-state index contributed by atoms with van der Waals surface area (Å²) >= 11 is 0. The summed E-state index contributed by atoms with van der Waals surface area (Å²) in [6, 6.07) is 14.8. The minimum Gasteiger partial charge on any atom is -0.495 e. The predicted molar refractivity (Wildman–Crippen MR) is 99.9 cm³/mol. The Labute approximate surface area is 148 Å². The Morgan fingerprint density at radius 3 is 2.96 bits per heavy atom. The first kappa shape index (κ1) is 15.8. The molecule has 5 heteroatoms. The standard InChI is InChI=1S/C20H22N4O/c1-24-18-7-8-22-12-16(18)15-10-14(9-13(11-21)20(15)24)23-17-5-3-4-6-19(17)25-2/h3-6,9-10,16,18,22-23H,7-8,12H2,1-2H3/t16-,18-/m0/s1. The first-order valence-electron chi connectivity index (χ1n) is 8.64. The summed E-state index contributed by atoms with van der Waals surface area (Å²) in [4.78, 5) is 2.30. The van der Waals surface area contributed by atoms with Crippen LogP contribution in [0.2, 0.25) is 0 Å². The second-order valence-electron chi connectivity index (χ2n) is 6.68. The summed E-state index contributed by atoms with van der Waals surface area (Å²) in [5, 5.41) is 16.6. The molecule has 2 heterocycles. The highest BCUT2D eigenvalue weighted by Gasteiger charge is 2.39. The highest BCUT2D eigenvalue weighted by molar-refractivity contribution is 5.77. The van der Waals surface area contributed by atoms with Gasteiger partial charge in [-0.05, 0) is 42.8 Å². The van der Waals surface area contributed by atoms with E-state index in [1.54, 1.807) is 7.11 Å². The van der Waals surface area contributed by atoms with Gasteiger partial charge in [-0.25, -0.2) is 0 Å². The SMILES string of the molecule is COc1ccccc1Nc1cc(C#N)c2c(c1)[C@@H]1CNCC[C@@H]1N2C. The average Bonchev–Trinajstić information content (AvgIpc) is 2.94. The summed E-state index contributed by atoms with van der Waals surface area (Å²) < 4.78 is 5.42. The smallest absolute Gasteiger partial charge is 0.142 e. The Kier molecular flexibility index (Phi) is 3.98. The topological polar surface area (TPSA) is 60.3 Å². The van der Waals surface area contributed by atoms with E-state index in [-0.39, 0.29) is 0 Å². The minimum atomic E-state index is 0.431. The summed E-state index contributed by atoms with van der Waals surface area (Å²) in [5.74, 6) is 1.22. The van der Waals surface area contributed by atoms with Gasteiger partial charge < -0.3 is 20.3 Å². The molecule has 2 atom stereocenters. The van der Waals surface area contributed by atoms with Gasteiger partial charge in [0.1, 0.15) is 11.8 Å². The number of hydrogen-bond donors (Lipinski definition) is 2. The van der Waals surface area contributed by atoms with E-state index in [0.717, 1.165) is 47.9 Å². The number of piperidine rings is 1. The quantitative estimate of drug-likeness (QED) is 0.902. The second-order valence-corrected chi connectivity index (χ2v) is 6.68. The number of hydrogen-bond acceptors (Lipinski definition) is 5. The van der Waals surface area contributed by atoms with Crippen molar-refractivity contribution in [1.82, 2.24) is 5.32 Å². The van der Waals surface area contributed by atoms with E-state index in [9.17, 15) is 5.26 Å². The number of para-hydroxylation sites is 2. The summed E-state index contributed by atoms with van der Waals surface area (Å²) in [6.45, 7) is 2.00. The van der Waals surface area contributed by atoms with E-state index >= 15 is 0 Å². The van der Waals surface area contributed by atoms with Crippen LogP contribution in [0.4, 0.5) is 17.1 Å². The number of likely N-dealkylation sites (N-methyl/N-ethyl adjacent to an activating group) is 1. The van der Waals surface area contributed by atoms with Crippen molar-refractivity contribution in [2.24, 2.45) is 0 Å². The lowest BCUT2D eigenvalue weighted by molar-refractivity contribution is 0.413. The molecule has 0 amide bonds. The number of nitrogens with zero attached hydrogens (tertiary/aromatic N) is 2. The Balaban J connectivity index is 1.76. The normalized spacial score (nSPS) is 21.2. The Morgan fingerprint density at radius 2 is 2.16 bits per heavy atom. The maximum Gasteiger partial charge on any atom is 0.142 e. The van der Waals surface area contributed by atoms with Gasteiger partial charge in [0.05, 0.1) is 24.0 Å². The molecule has 0 bridgehead atoms. The van der Waals surface area contributed by atoms with Crippen LogP contribution in [-0.2, 0) is 0 Å². The van der Waals surface area contributed by atoms with Crippen LogP contribution in [0.1, 0.15) is 23.5 Å². The summed E-state index contributed by atoms with van der Waals surface area (Å²) in [6.07, 6.45) is 1.11. The average molecular weight is 334 g/mol. The first-order valence-corrected chi connectivity index (χ1v) is 8.64. The molecule has 5 nitrogen and oxygen atoms in total. The van der Waals surface area contributed by atoms with Gasteiger partial charge in [0, 0.05) is 31.2 Å². The maximum absolute atomic E-state index is 9.70. The number of methoxy groups -OCH3 is 1. The molecule has 0 spiro atoms. The lowest BCUT2D eigenvalue weighted by atomic mass is 9.89. The predicted octanol–water partition coefficient (Wildman–Crippen LogP) is 3.21. The van der Waals surface area contributed by atoms with E-state index in [4.69, 9.17) is 4.74 Å². The maximum atomic E-state index is 9.70. The van der Waals surface area contributed by atoms with Crippen LogP contribution in [0.3, 0.4) is 0 Å². The van der Waals surface area contributed by atoms with Crippen molar-refractivity contribution >= 4 is 17.1 Å². The molecule has 0 aromatic heterocycles. The van der Waals surface area contributed by atoms with Crippen molar-refractivity contribution in [3.8, 4) is 11.8 Å². The highest BCUT2D eigenvalue weighted by Crippen LogP contribution is 2.46. The van der Waals surface area contributed by atoms with E-state index < -0.39 is 0 Å². The molecule has 128 valence electrons. The molecule has 2 aromatic carbocycles. The zero-order valence-electron chi connectivity index (χ0n) is 14.5. The fraction of sp³-hybridized carbons (Fsp3) is 0.350. The van der Waals surface area contributed by atoms with E-state index in [1.165, 1.54) is 5.56 Å². The Bertz CT molecular complexity index is 842. The third-order valence-corrected chi connectivity index (χ3v) is 5.34. The van der Waals surface area contributed by atoms with Gasteiger partial charge in [0.2, 0.25) is 0 Å². The van der Waals surface area contributed by atoms with Gasteiger partial charge in [0.15, 0.2) is 0 Å². The van der Waals surface area contributed by atoms with Crippen LogP contribution >= 0.6 is 0 Å². The van der Waals surface area contributed by atoms with Gasteiger partial charge in [-0.2, -0.15) is 5.26 Å². The van der Waals surface area contributed by atoms with Crippen LogP contribution in [0.5, 0.6) is 5.75 Å². The Hall–Kier alpha value is -2.71. The number of nitriles is 1. The molecule has 2 aliphatic heterocycles. The zero-order valence-corrected chi connectivity index (χ0v) is 14.5. The molecular formula is C20H22N4O. The highest BCUT2D eigenvalue weighted by atomic mass is 16.5. The van der Waals surface area contributed by atoms with Gasteiger partial charge in [-0.3, -0.25) is 0 Å². The number of rotatable bonds is 3. The molecule has 2 N–H and O–H groups in total. The number of benzene rings is 2. The van der Waals surface area contributed by atoms with Crippen LogP contribution in [-0.4, -0.2) is 33.3 Å². The minimum absolute atomic E-state index is 0.431. The molecule has 25 heavy (non-hydrogen) atoms. The molecule has 0 aliphatic carbocycles. The molecule has 0 unspecified atom stereocenters. The van der Waals surface area contributed by atoms with Crippen molar-refractivity contribution in [3.05, 3.63) is 47.5 Å². The van der Waals surface area contributed by atoms with Gasteiger partial charge in [-0.15, -0.1) is 0 Å². The Morgan fingerprint density at radius 1 is 1.32 bits per heavy atom.